The van der Waals surface area contributed by atoms with Gasteiger partial charge in [0.25, 0.3) is 5.69 Å². The van der Waals surface area contributed by atoms with Gasteiger partial charge in [-0.05, 0) is 19.0 Å². The number of rotatable bonds is 3. The summed E-state index contributed by atoms with van der Waals surface area (Å²) in [5.74, 6) is 0. The lowest BCUT2D eigenvalue weighted by Crippen LogP contribution is -2.21. The second kappa shape index (κ2) is 5.68. The van der Waals surface area contributed by atoms with Gasteiger partial charge in [0.1, 0.15) is 0 Å². The number of hydrogen-bond donors (Lipinski definition) is 2. The third-order valence-corrected chi connectivity index (χ3v) is 3.94. The fourth-order valence-electron chi connectivity index (χ4n) is 2.04. The molecule has 1 saturated heterocycles. The number of halogens is 1. The van der Waals surface area contributed by atoms with Crippen LogP contribution in [0.15, 0.2) is 18.2 Å². The monoisotopic (exact) mass is 300 g/mol. The molecular formula is C11H13ClN4O2S. The second-order valence-electron chi connectivity index (χ2n) is 4.26. The number of nitro groups is 1. The third kappa shape index (κ3) is 2.94. The van der Waals surface area contributed by atoms with E-state index in [1.807, 2.05) is 0 Å². The van der Waals surface area contributed by atoms with E-state index in [1.54, 1.807) is 6.07 Å². The lowest BCUT2D eigenvalue weighted by Gasteiger charge is -2.08. The molecule has 0 spiro atoms. The number of thiazole rings is 1. The van der Waals surface area contributed by atoms with Crippen molar-refractivity contribution in [2.75, 3.05) is 18.4 Å². The van der Waals surface area contributed by atoms with Crippen LogP contribution in [-0.2, 0) is 0 Å². The van der Waals surface area contributed by atoms with E-state index in [2.05, 4.69) is 15.6 Å². The molecule has 102 valence electrons. The normalized spacial score (nSPS) is 18.2. The van der Waals surface area contributed by atoms with Crippen molar-refractivity contribution in [2.45, 2.75) is 12.5 Å². The van der Waals surface area contributed by atoms with E-state index in [1.165, 1.54) is 23.5 Å². The summed E-state index contributed by atoms with van der Waals surface area (Å²) >= 11 is 1.53. The molecule has 1 atom stereocenters. The lowest BCUT2D eigenvalue weighted by molar-refractivity contribution is -0.384. The smallest absolute Gasteiger partial charge is 0.271 e. The molecule has 0 aliphatic carbocycles. The van der Waals surface area contributed by atoms with Gasteiger partial charge in [0.05, 0.1) is 15.1 Å². The topological polar surface area (TPSA) is 80.1 Å². The van der Waals surface area contributed by atoms with E-state index < -0.39 is 4.92 Å². The Bertz CT molecular complexity index is 597. The van der Waals surface area contributed by atoms with E-state index >= 15 is 0 Å². The van der Waals surface area contributed by atoms with Crippen LogP contribution in [0.4, 0.5) is 10.8 Å². The van der Waals surface area contributed by atoms with Crippen LogP contribution in [-0.4, -0.2) is 29.0 Å². The molecule has 2 N–H and O–H groups in total. The van der Waals surface area contributed by atoms with Crippen molar-refractivity contribution in [3.63, 3.8) is 0 Å². The molecule has 19 heavy (non-hydrogen) atoms. The number of hydrogen-bond acceptors (Lipinski definition) is 6. The summed E-state index contributed by atoms with van der Waals surface area (Å²) in [5, 5.41) is 18.1. The zero-order chi connectivity index (χ0) is 12.5. The summed E-state index contributed by atoms with van der Waals surface area (Å²) in [5.41, 5.74) is 0.768. The van der Waals surface area contributed by atoms with Crippen molar-refractivity contribution in [3.05, 3.63) is 28.3 Å². The molecule has 2 heterocycles. The maximum absolute atomic E-state index is 10.7. The SMILES string of the molecule is Cl.O=[N+]([O-])c1ccc2sc(N[C@@H]3CCNC3)nc2c1. The third-order valence-electron chi connectivity index (χ3n) is 2.97. The number of non-ortho nitro benzene ring substituents is 1. The molecule has 1 fully saturated rings. The first-order chi connectivity index (χ1) is 8.72. The largest absolute Gasteiger partial charge is 0.357 e. The van der Waals surface area contributed by atoms with E-state index in [9.17, 15) is 10.1 Å². The van der Waals surface area contributed by atoms with Gasteiger partial charge in [-0.3, -0.25) is 10.1 Å². The first-order valence-corrected chi connectivity index (χ1v) is 6.56. The molecule has 1 aromatic heterocycles. The summed E-state index contributed by atoms with van der Waals surface area (Å²) in [6.45, 7) is 1.96. The van der Waals surface area contributed by atoms with Crippen molar-refractivity contribution in [3.8, 4) is 0 Å². The van der Waals surface area contributed by atoms with Crippen LogP contribution in [0.5, 0.6) is 0 Å². The Morgan fingerprint density at radius 1 is 1.53 bits per heavy atom. The Hall–Kier alpha value is -1.44. The van der Waals surface area contributed by atoms with Crippen LogP contribution in [0.25, 0.3) is 10.2 Å². The van der Waals surface area contributed by atoms with Crippen LogP contribution < -0.4 is 10.6 Å². The number of nitro benzene ring substituents is 1. The fraction of sp³-hybridized carbons (Fsp3) is 0.364. The molecule has 2 aromatic rings. The van der Waals surface area contributed by atoms with Crippen molar-refractivity contribution in [1.29, 1.82) is 0 Å². The molecule has 0 amide bonds. The number of nitrogens with zero attached hydrogens (tertiary/aromatic N) is 2. The highest BCUT2D eigenvalue weighted by Gasteiger charge is 2.16. The maximum Gasteiger partial charge on any atom is 0.271 e. The van der Waals surface area contributed by atoms with Gasteiger partial charge in [0.2, 0.25) is 0 Å². The first-order valence-electron chi connectivity index (χ1n) is 5.74. The lowest BCUT2D eigenvalue weighted by atomic mass is 10.3. The van der Waals surface area contributed by atoms with Gasteiger partial charge in [0, 0.05) is 24.7 Å². The standard InChI is InChI=1S/C11H12N4O2S.ClH/c16-15(17)8-1-2-10-9(5-8)14-11(18-10)13-7-3-4-12-6-7;/h1-2,5,7,12H,3-4,6H2,(H,13,14);1H/t7-;/m1./s1. The molecule has 0 unspecified atom stereocenters. The maximum atomic E-state index is 10.7. The molecule has 1 aliphatic rings. The van der Waals surface area contributed by atoms with E-state index in [-0.39, 0.29) is 18.1 Å². The number of benzene rings is 1. The number of fused-ring (bicyclic) bond motifs is 1. The molecule has 8 heteroatoms. The average Bonchev–Trinajstić information content (AvgIpc) is 2.96. The summed E-state index contributed by atoms with van der Waals surface area (Å²) < 4.78 is 0.967. The van der Waals surface area contributed by atoms with Gasteiger partial charge in [-0.25, -0.2) is 4.98 Å². The molecule has 1 aliphatic heterocycles. The highest BCUT2D eigenvalue weighted by molar-refractivity contribution is 7.22. The Morgan fingerprint density at radius 3 is 3.05 bits per heavy atom. The molecule has 0 radical (unpaired) electrons. The van der Waals surface area contributed by atoms with Crippen LogP contribution in [0.2, 0.25) is 0 Å². The Balaban J connectivity index is 0.00000133. The minimum Gasteiger partial charge on any atom is -0.357 e. The van der Waals surface area contributed by atoms with Crippen LogP contribution in [0.1, 0.15) is 6.42 Å². The van der Waals surface area contributed by atoms with Gasteiger partial charge in [0.15, 0.2) is 5.13 Å². The Labute approximate surface area is 119 Å². The molecule has 0 bridgehead atoms. The number of aromatic nitrogens is 1. The zero-order valence-electron chi connectivity index (χ0n) is 9.96. The van der Waals surface area contributed by atoms with Gasteiger partial charge >= 0.3 is 0 Å². The number of anilines is 1. The van der Waals surface area contributed by atoms with Gasteiger partial charge in [-0.15, -0.1) is 12.4 Å². The molecule has 6 nitrogen and oxygen atoms in total. The van der Waals surface area contributed by atoms with Crippen LogP contribution in [0.3, 0.4) is 0 Å². The van der Waals surface area contributed by atoms with E-state index in [0.717, 1.165) is 29.3 Å². The van der Waals surface area contributed by atoms with Crippen molar-refractivity contribution < 1.29 is 4.92 Å². The van der Waals surface area contributed by atoms with Crippen molar-refractivity contribution >= 4 is 44.8 Å². The van der Waals surface area contributed by atoms with Crippen molar-refractivity contribution in [1.82, 2.24) is 10.3 Å². The van der Waals surface area contributed by atoms with E-state index in [0.29, 0.717) is 11.6 Å². The average molecular weight is 301 g/mol. The quantitative estimate of drug-likeness (QED) is 0.672. The highest BCUT2D eigenvalue weighted by atomic mass is 35.5. The number of nitrogens with one attached hydrogen (secondary N) is 2. The van der Waals surface area contributed by atoms with Gasteiger partial charge in [-0.1, -0.05) is 11.3 Å². The van der Waals surface area contributed by atoms with Crippen LogP contribution >= 0.6 is 23.7 Å². The Morgan fingerprint density at radius 2 is 2.37 bits per heavy atom. The zero-order valence-corrected chi connectivity index (χ0v) is 11.6. The van der Waals surface area contributed by atoms with E-state index in [4.69, 9.17) is 0 Å². The van der Waals surface area contributed by atoms with Gasteiger partial charge in [-0.2, -0.15) is 0 Å². The summed E-state index contributed by atoms with van der Waals surface area (Å²) in [7, 11) is 0. The molecule has 3 rings (SSSR count). The molecular weight excluding hydrogens is 288 g/mol. The summed E-state index contributed by atoms with van der Waals surface area (Å²) in [6.07, 6.45) is 1.08. The minimum atomic E-state index is -0.396. The second-order valence-corrected chi connectivity index (χ2v) is 5.29. The fourth-order valence-corrected chi connectivity index (χ4v) is 2.97. The molecule has 0 saturated carbocycles. The summed E-state index contributed by atoms with van der Waals surface area (Å²) in [4.78, 5) is 14.7. The predicted molar refractivity (Wildman–Crippen MR) is 78.4 cm³/mol. The predicted octanol–water partition coefficient (Wildman–Crippen LogP) is 2.40. The molecule has 1 aromatic carbocycles. The van der Waals surface area contributed by atoms with Crippen molar-refractivity contribution in [2.24, 2.45) is 0 Å². The minimum absolute atomic E-state index is 0. The Kier molecular flexibility index (Phi) is 4.18. The first kappa shape index (κ1) is 14.0. The van der Waals surface area contributed by atoms with Gasteiger partial charge < -0.3 is 10.6 Å². The highest BCUT2D eigenvalue weighted by Crippen LogP contribution is 2.29. The summed E-state index contributed by atoms with van der Waals surface area (Å²) in [6, 6.07) is 5.19. The van der Waals surface area contributed by atoms with Crippen LogP contribution in [0, 0.1) is 10.1 Å².